The second kappa shape index (κ2) is 6.39. The zero-order chi connectivity index (χ0) is 13.7. The molecule has 2 atom stereocenters. The van der Waals surface area contributed by atoms with Crippen molar-refractivity contribution in [3.63, 3.8) is 0 Å². The monoisotopic (exact) mass is 256 g/mol. The average molecular weight is 256 g/mol. The molecule has 1 saturated heterocycles. The molecule has 18 heavy (non-hydrogen) atoms. The fraction of sp³-hybridized carbons (Fsp3) is 0.667. The molecule has 0 aromatic heterocycles. The van der Waals surface area contributed by atoms with Gasteiger partial charge >= 0.3 is 12.0 Å². The van der Waals surface area contributed by atoms with Gasteiger partial charge in [-0.2, -0.15) is 0 Å². The molecule has 1 heterocycles. The van der Waals surface area contributed by atoms with Crippen LogP contribution in [0.15, 0.2) is 12.7 Å². The van der Waals surface area contributed by atoms with Crippen molar-refractivity contribution in [1.29, 1.82) is 0 Å². The summed E-state index contributed by atoms with van der Waals surface area (Å²) in [7, 11) is 0. The number of hydrogen-bond donors (Lipinski definition) is 2. The van der Waals surface area contributed by atoms with Gasteiger partial charge in [0.25, 0.3) is 0 Å². The minimum Gasteiger partial charge on any atom is -0.481 e. The van der Waals surface area contributed by atoms with Crippen molar-refractivity contribution in [3.8, 4) is 0 Å². The van der Waals surface area contributed by atoms with Crippen molar-refractivity contribution in [2.75, 3.05) is 26.2 Å². The number of carbonyl (C=O) groups excluding carboxylic acids is 1. The first kappa shape index (κ1) is 14.5. The maximum Gasteiger partial charge on any atom is 0.320 e. The first-order valence-electron chi connectivity index (χ1n) is 6.03. The molecule has 1 aliphatic rings. The number of carboxylic acids is 1. The minimum absolute atomic E-state index is 0.121. The van der Waals surface area contributed by atoms with Gasteiger partial charge in [-0.3, -0.25) is 4.79 Å². The Morgan fingerprint density at radius 1 is 1.56 bits per heavy atom. The van der Waals surface area contributed by atoms with Crippen LogP contribution >= 0.6 is 0 Å². The summed E-state index contributed by atoms with van der Waals surface area (Å²) >= 11 is 0. The molecule has 0 aromatic carbocycles. The van der Waals surface area contributed by atoms with Gasteiger partial charge in [-0.1, -0.05) is 6.08 Å². The molecule has 6 nitrogen and oxygen atoms in total. The van der Waals surface area contributed by atoms with E-state index in [9.17, 15) is 9.59 Å². The van der Waals surface area contributed by atoms with Gasteiger partial charge in [0, 0.05) is 25.7 Å². The number of aliphatic carboxylic acids is 1. The smallest absolute Gasteiger partial charge is 0.320 e. The van der Waals surface area contributed by atoms with E-state index in [0.29, 0.717) is 19.5 Å². The van der Waals surface area contributed by atoms with E-state index in [1.54, 1.807) is 17.9 Å². The zero-order valence-corrected chi connectivity index (χ0v) is 10.6. The first-order chi connectivity index (χ1) is 8.52. The molecule has 6 heteroatoms. The van der Waals surface area contributed by atoms with Crippen LogP contribution in [-0.2, 0) is 4.79 Å². The molecule has 1 fully saturated rings. The highest BCUT2D eigenvalue weighted by molar-refractivity contribution is 5.78. The Kier molecular flexibility index (Phi) is 5.15. The fourth-order valence-corrected chi connectivity index (χ4v) is 2.26. The molecule has 2 unspecified atom stereocenters. The van der Waals surface area contributed by atoms with Crippen LogP contribution in [0.3, 0.4) is 0 Å². The Balaban J connectivity index is 2.71. The van der Waals surface area contributed by atoms with Gasteiger partial charge in [-0.05, 0) is 13.3 Å². The number of rotatable bonds is 5. The number of carbonyl (C=O) groups is 2. The van der Waals surface area contributed by atoms with Crippen molar-refractivity contribution in [1.82, 2.24) is 9.80 Å². The Morgan fingerprint density at radius 2 is 2.22 bits per heavy atom. The maximum atomic E-state index is 12.2. The molecule has 1 rings (SSSR count). The number of nitrogens with zero attached hydrogens (tertiary/aromatic N) is 2. The summed E-state index contributed by atoms with van der Waals surface area (Å²) in [6, 6.07) is -0.554. The summed E-state index contributed by atoms with van der Waals surface area (Å²) in [6.45, 7) is 6.21. The third kappa shape index (κ3) is 3.01. The third-order valence-electron chi connectivity index (χ3n) is 3.31. The second-order valence-electron chi connectivity index (χ2n) is 4.41. The summed E-state index contributed by atoms with van der Waals surface area (Å²) in [4.78, 5) is 26.2. The molecule has 102 valence electrons. The second-order valence-corrected chi connectivity index (χ2v) is 4.41. The lowest BCUT2D eigenvalue weighted by Gasteiger charge is -2.30. The average Bonchev–Trinajstić information content (AvgIpc) is 2.70. The molecule has 2 amide bonds. The van der Waals surface area contributed by atoms with E-state index >= 15 is 0 Å². The highest BCUT2D eigenvalue weighted by Crippen LogP contribution is 2.25. The summed E-state index contributed by atoms with van der Waals surface area (Å²) in [5.41, 5.74) is 0. The lowest BCUT2D eigenvalue weighted by Crippen LogP contribution is -2.47. The van der Waals surface area contributed by atoms with E-state index in [0.717, 1.165) is 0 Å². The van der Waals surface area contributed by atoms with Crippen LogP contribution < -0.4 is 0 Å². The van der Waals surface area contributed by atoms with Crippen LogP contribution in [0, 0.1) is 5.92 Å². The number of likely N-dealkylation sites (tertiary alicyclic amines) is 1. The van der Waals surface area contributed by atoms with Crippen molar-refractivity contribution < 1.29 is 19.8 Å². The highest BCUT2D eigenvalue weighted by Gasteiger charge is 2.39. The fourth-order valence-electron chi connectivity index (χ4n) is 2.26. The van der Waals surface area contributed by atoms with E-state index in [1.165, 1.54) is 4.90 Å². The molecule has 0 aromatic rings. The van der Waals surface area contributed by atoms with E-state index in [4.69, 9.17) is 10.2 Å². The van der Waals surface area contributed by atoms with Gasteiger partial charge in [0.15, 0.2) is 0 Å². The van der Waals surface area contributed by atoms with Crippen LogP contribution in [0.4, 0.5) is 4.79 Å². The molecule has 0 bridgehead atoms. The van der Waals surface area contributed by atoms with Crippen LogP contribution in [-0.4, -0.2) is 64.3 Å². The van der Waals surface area contributed by atoms with Crippen LogP contribution in [0.1, 0.15) is 13.3 Å². The van der Waals surface area contributed by atoms with E-state index in [2.05, 4.69) is 6.58 Å². The van der Waals surface area contributed by atoms with Crippen LogP contribution in [0.2, 0.25) is 0 Å². The Morgan fingerprint density at radius 3 is 2.67 bits per heavy atom. The van der Waals surface area contributed by atoms with E-state index in [1.807, 2.05) is 0 Å². The van der Waals surface area contributed by atoms with Crippen molar-refractivity contribution in [2.45, 2.75) is 19.4 Å². The molecule has 1 aliphatic heterocycles. The number of amides is 2. The molecular weight excluding hydrogens is 236 g/mol. The molecular formula is C12H20N2O4. The van der Waals surface area contributed by atoms with Gasteiger partial charge in [0.2, 0.25) is 0 Å². The summed E-state index contributed by atoms with van der Waals surface area (Å²) in [5, 5.41) is 17.9. The lowest BCUT2D eigenvalue weighted by atomic mass is 10.0. The number of aliphatic hydroxyl groups is 1. The van der Waals surface area contributed by atoms with Crippen molar-refractivity contribution in [2.24, 2.45) is 5.92 Å². The third-order valence-corrected chi connectivity index (χ3v) is 3.31. The van der Waals surface area contributed by atoms with Gasteiger partial charge in [0.05, 0.1) is 12.5 Å². The van der Waals surface area contributed by atoms with E-state index < -0.39 is 11.9 Å². The Bertz CT molecular complexity index is 332. The lowest BCUT2D eigenvalue weighted by molar-refractivity contribution is -0.142. The summed E-state index contributed by atoms with van der Waals surface area (Å²) in [5.74, 6) is -1.37. The maximum absolute atomic E-state index is 12.2. The van der Waals surface area contributed by atoms with Crippen LogP contribution in [0.25, 0.3) is 0 Å². The highest BCUT2D eigenvalue weighted by atomic mass is 16.4. The zero-order valence-electron chi connectivity index (χ0n) is 10.6. The Labute approximate surface area is 106 Å². The van der Waals surface area contributed by atoms with Crippen molar-refractivity contribution in [3.05, 3.63) is 12.7 Å². The first-order valence-corrected chi connectivity index (χ1v) is 6.03. The Hall–Kier alpha value is -1.56. The largest absolute Gasteiger partial charge is 0.481 e. The minimum atomic E-state index is -0.866. The molecule has 2 N–H and O–H groups in total. The molecule has 0 saturated carbocycles. The SMILES string of the molecule is C=CCN(CCO)C(=O)N1CCC(C(=O)O)C1C. The van der Waals surface area contributed by atoms with Gasteiger partial charge in [0.1, 0.15) is 0 Å². The molecule has 0 spiro atoms. The number of carboxylic acid groups (broad SMARTS) is 1. The van der Waals surface area contributed by atoms with Gasteiger partial charge in [-0.15, -0.1) is 6.58 Å². The number of hydrogen-bond acceptors (Lipinski definition) is 3. The van der Waals surface area contributed by atoms with Crippen molar-refractivity contribution >= 4 is 12.0 Å². The van der Waals surface area contributed by atoms with E-state index in [-0.39, 0.29) is 25.2 Å². The summed E-state index contributed by atoms with van der Waals surface area (Å²) in [6.07, 6.45) is 2.06. The number of aliphatic hydroxyl groups excluding tert-OH is 1. The molecule has 0 radical (unpaired) electrons. The molecule has 0 aliphatic carbocycles. The standard InChI is InChI=1S/C12H20N2O4/c1-3-5-13(7-8-15)12(18)14-6-4-10(9(14)2)11(16)17/h3,9-10,15H,1,4-8H2,2H3,(H,16,17). The topological polar surface area (TPSA) is 81.1 Å². The predicted molar refractivity (Wildman–Crippen MR) is 66.2 cm³/mol. The quantitative estimate of drug-likeness (QED) is 0.697. The normalized spacial score (nSPS) is 22.9. The van der Waals surface area contributed by atoms with Crippen LogP contribution in [0.5, 0.6) is 0 Å². The summed E-state index contributed by atoms with van der Waals surface area (Å²) < 4.78 is 0. The predicted octanol–water partition coefficient (Wildman–Crippen LogP) is 0.382. The van der Waals surface area contributed by atoms with Gasteiger partial charge in [-0.25, -0.2) is 4.79 Å². The van der Waals surface area contributed by atoms with Gasteiger partial charge < -0.3 is 20.0 Å². The number of urea groups is 1.